The number of aromatic nitrogens is 1. The summed E-state index contributed by atoms with van der Waals surface area (Å²) in [7, 11) is 1.66. The second-order valence-corrected chi connectivity index (χ2v) is 3.19. The molecule has 1 aromatic rings. The van der Waals surface area contributed by atoms with E-state index in [2.05, 4.69) is 4.98 Å². The van der Waals surface area contributed by atoms with Crippen molar-refractivity contribution in [1.29, 1.82) is 0 Å². The van der Waals surface area contributed by atoms with Gasteiger partial charge in [0.15, 0.2) is 0 Å². The summed E-state index contributed by atoms with van der Waals surface area (Å²) < 4.78 is 5.26. The number of nitrogen functional groups attached to an aromatic ring is 1. The Morgan fingerprint density at radius 3 is 2.50 bits per heavy atom. The normalized spacial score (nSPS) is 11.6. The molecule has 1 rings (SSSR count). The molecule has 12 heavy (non-hydrogen) atoms. The van der Waals surface area contributed by atoms with Gasteiger partial charge in [0.05, 0.1) is 17.6 Å². The minimum absolute atomic E-state index is 0.340. The lowest BCUT2D eigenvalue weighted by Gasteiger charge is -2.21. The standard InChI is InChI=1S/C9H14N2O/c1-9(2,12-3)8-5-4-7(10)6-11-8/h4-6H,10H2,1-3H3. The van der Waals surface area contributed by atoms with E-state index in [0.29, 0.717) is 5.69 Å². The molecular formula is C9H14N2O. The Kier molecular flexibility index (Phi) is 2.33. The molecule has 3 heteroatoms. The van der Waals surface area contributed by atoms with Gasteiger partial charge >= 0.3 is 0 Å². The van der Waals surface area contributed by atoms with Crippen LogP contribution in [0.1, 0.15) is 19.5 Å². The number of ether oxygens (including phenoxy) is 1. The molecule has 0 aromatic carbocycles. The van der Waals surface area contributed by atoms with Crippen molar-refractivity contribution in [3.8, 4) is 0 Å². The van der Waals surface area contributed by atoms with Gasteiger partial charge < -0.3 is 10.5 Å². The summed E-state index contributed by atoms with van der Waals surface area (Å²) in [5.74, 6) is 0. The van der Waals surface area contributed by atoms with Crippen molar-refractivity contribution < 1.29 is 4.74 Å². The van der Waals surface area contributed by atoms with Gasteiger partial charge in [0.25, 0.3) is 0 Å². The molecule has 0 radical (unpaired) electrons. The Hall–Kier alpha value is -1.09. The number of nitrogens with two attached hydrogens (primary N) is 1. The monoisotopic (exact) mass is 166 g/mol. The zero-order valence-electron chi connectivity index (χ0n) is 7.66. The summed E-state index contributed by atoms with van der Waals surface area (Å²) in [6, 6.07) is 3.70. The molecule has 1 aromatic heterocycles. The zero-order chi connectivity index (χ0) is 9.19. The SMILES string of the molecule is COC(C)(C)c1ccc(N)cn1. The van der Waals surface area contributed by atoms with Crippen molar-refractivity contribution >= 4 is 5.69 Å². The van der Waals surface area contributed by atoms with Gasteiger partial charge in [-0.25, -0.2) is 0 Å². The summed E-state index contributed by atoms with van der Waals surface area (Å²) in [5.41, 5.74) is 6.73. The molecule has 0 aliphatic rings. The van der Waals surface area contributed by atoms with Crippen molar-refractivity contribution in [1.82, 2.24) is 4.98 Å². The van der Waals surface area contributed by atoms with Crippen LogP contribution in [-0.2, 0) is 10.3 Å². The number of pyridine rings is 1. The van der Waals surface area contributed by atoms with Gasteiger partial charge in [0.1, 0.15) is 5.60 Å². The Morgan fingerprint density at radius 1 is 1.42 bits per heavy atom. The highest BCUT2D eigenvalue weighted by Gasteiger charge is 2.20. The van der Waals surface area contributed by atoms with Gasteiger partial charge in [-0.3, -0.25) is 4.98 Å². The van der Waals surface area contributed by atoms with Gasteiger partial charge in [0, 0.05) is 7.11 Å². The minimum atomic E-state index is -0.340. The molecule has 0 saturated carbocycles. The Labute approximate surface area is 72.6 Å². The maximum absolute atomic E-state index is 5.51. The van der Waals surface area contributed by atoms with Gasteiger partial charge in [-0.15, -0.1) is 0 Å². The third-order valence-electron chi connectivity index (χ3n) is 1.91. The summed E-state index contributed by atoms with van der Waals surface area (Å²) in [6.45, 7) is 3.93. The molecule has 0 fully saturated rings. The molecule has 2 N–H and O–H groups in total. The van der Waals surface area contributed by atoms with Crippen molar-refractivity contribution in [3.63, 3.8) is 0 Å². The molecule has 0 unspecified atom stereocenters. The summed E-state index contributed by atoms with van der Waals surface area (Å²) in [6.07, 6.45) is 1.64. The number of hydrogen-bond donors (Lipinski definition) is 1. The van der Waals surface area contributed by atoms with E-state index >= 15 is 0 Å². The van der Waals surface area contributed by atoms with E-state index in [-0.39, 0.29) is 5.60 Å². The maximum atomic E-state index is 5.51. The first-order valence-corrected chi connectivity index (χ1v) is 3.83. The summed E-state index contributed by atoms with van der Waals surface area (Å²) in [4.78, 5) is 4.17. The van der Waals surface area contributed by atoms with Crippen LogP contribution >= 0.6 is 0 Å². The molecule has 0 amide bonds. The third kappa shape index (κ3) is 1.74. The van der Waals surface area contributed by atoms with Crippen molar-refractivity contribution in [2.24, 2.45) is 0 Å². The van der Waals surface area contributed by atoms with E-state index in [4.69, 9.17) is 10.5 Å². The molecule has 1 heterocycles. The quantitative estimate of drug-likeness (QED) is 0.725. The second kappa shape index (κ2) is 3.11. The lowest BCUT2D eigenvalue weighted by atomic mass is 10.0. The van der Waals surface area contributed by atoms with Crippen LogP contribution in [-0.4, -0.2) is 12.1 Å². The molecule has 3 nitrogen and oxygen atoms in total. The summed E-state index contributed by atoms with van der Waals surface area (Å²) >= 11 is 0. The molecule has 0 atom stereocenters. The Balaban J connectivity index is 2.96. The molecule has 66 valence electrons. The number of methoxy groups -OCH3 is 1. The average Bonchev–Trinajstić information content (AvgIpc) is 2.05. The van der Waals surface area contributed by atoms with E-state index in [0.717, 1.165) is 5.69 Å². The molecular weight excluding hydrogens is 152 g/mol. The highest BCUT2D eigenvalue weighted by Crippen LogP contribution is 2.21. The van der Waals surface area contributed by atoms with Crippen LogP contribution in [0.25, 0.3) is 0 Å². The van der Waals surface area contributed by atoms with Crippen LogP contribution in [0.5, 0.6) is 0 Å². The fourth-order valence-electron chi connectivity index (χ4n) is 0.866. The zero-order valence-corrected chi connectivity index (χ0v) is 7.66. The van der Waals surface area contributed by atoms with E-state index in [1.54, 1.807) is 13.3 Å². The largest absolute Gasteiger partial charge is 0.397 e. The maximum Gasteiger partial charge on any atom is 0.104 e. The van der Waals surface area contributed by atoms with Crippen molar-refractivity contribution in [3.05, 3.63) is 24.0 Å². The Bertz CT molecular complexity index is 254. The second-order valence-electron chi connectivity index (χ2n) is 3.19. The Morgan fingerprint density at radius 2 is 2.08 bits per heavy atom. The minimum Gasteiger partial charge on any atom is -0.397 e. The first-order valence-electron chi connectivity index (χ1n) is 3.83. The average molecular weight is 166 g/mol. The first-order chi connectivity index (χ1) is 5.56. The van der Waals surface area contributed by atoms with E-state index in [9.17, 15) is 0 Å². The van der Waals surface area contributed by atoms with E-state index in [1.165, 1.54) is 0 Å². The first kappa shape index (κ1) is 9.00. The fourth-order valence-corrected chi connectivity index (χ4v) is 0.866. The predicted octanol–water partition coefficient (Wildman–Crippen LogP) is 1.55. The molecule has 0 spiro atoms. The highest BCUT2D eigenvalue weighted by atomic mass is 16.5. The van der Waals surface area contributed by atoms with Crippen molar-refractivity contribution in [2.45, 2.75) is 19.4 Å². The van der Waals surface area contributed by atoms with E-state index < -0.39 is 0 Å². The number of hydrogen-bond acceptors (Lipinski definition) is 3. The van der Waals surface area contributed by atoms with Crippen LogP contribution in [0, 0.1) is 0 Å². The van der Waals surface area contributed by atoms with Crippen LogP contribution in [0.15, 0.2) is 18.3 Å². The third-order valence-corrected chi connectivity index (χ3v) is 1.91. The lowest BCUT2D eigenvalue weighted by molar-refractivity contribution is 0.0155. The molecule has 0 saturated heterocycles. The number of nitrogens with zero attached hydrogens (tertiary/aromatic N) is 1. The van der Waals surface area contributed by atoms with Crippen LogP contribution in [0.4, 0.5) is 5.69 Å². The van der Waals surface area contributed by atoms with Gasteiger partial charge in [-0.05, 0) is 26.0 Å². The topological polar surface area (TPSA) is 48.1 Å². The molecule has 0 aliphatic heterocycles. The van der Waals surface area contributed by atoms with Gasteiger partial charge in [-0.1, -0.05) is 0 Å². The van der Waals surface area contributed by atoms with Crippen LogP contribution < -0.4 is 5.73 Å². The number of anilines is 1. The highest BCUT2D eigenvalue weighted by molar-refractivity contribution is 5.35. The predicted molar refractivity (Wildman–Crippen MR) is 48.7 cm³/mol. The summed E-state index contributed by atoms with van der Waals surface area (Å²) in [5, 5.41) is 0. The molecule has 0 aliphatic carbocycles. The molecule has 0 bridgehead atoms. The van der Waals surface area contributed by atoms with Gasteiger partial charge in [-0.2, -0.15) is 0 Å². The van der Waals surface area contributed by atoms with E-state index in [1.807, 2.05) is 26.0 Å². The smallest absolute Gasteiger partial charge is 0.104 e. The lowest BCUT2D eigenvalue weighted by Crippen LogP contribution is -2.20. The van der Waals surface area contributed by atoms with Gasteiger partial charge in [0.2, 0.25) is 0 Å². The van der Waals surface area contributed by atoms with Crippen molar-refractivity contribution in [2.75, 3.05) is 12.8 Å². The van der Waals surface area contributed by atoms with Crippen LogP contribution in [0.2, 0.25) is 0 Å². The van der Waals surface area contributed by atoms with Crippen LogP contribution in [0.3, 0.4) is 0 Å². The number of rotatable bonds is 2. The fraction of sp³-hybridized carbons (Fsp3) is 0.444.